The van der Waals surface area contributed by atoms with Gasteiger partial charge in [-0.3, -0.25) is 10.1 Å². The number of benzene rings is 1. The summed E-state index contributed by atoms with van der Waals surface area (Å²) in [6.45, 7) is 2.95. The lowest BCUT2D eigenvalue weighted by Crippen LogP contribution is -2.09. The molecule has 0 heterocycles. The summed E-state index contributed by atoms with van der Waals surface area (Å²) in [5.74, 6) is 0. The van der Waals surface area contributed by atoms with E-state index in [1.165, 1.54) is 6.07 Å². The minimum absolute atomic E-state index is 0.0482. The Hall–Kier alpha value is -1.33. The number of alkyl halides is 1. The van der Waals surface area contributed by atoms with Gasteiger partial charge in [0.25, 0.3) is 5.69 Å². The van der Waals surface area contributed by atoms with Crippen LogP contribution in [0.25, 0.3) is 0 Å². The van der Waals surface area contributed by atoms with Crippen LogP contribution < -0.4 is 11.1 Å². The maximum absolute atomic E-state index is 10.9. The molecule has 0 saturated carbocycles. The molecule has 0 aliphatic rings. The highest BCUT2D eigenvalue weighted by atomic mass is 35.5. The Morgan fingerprint density at radius 1 is 1.59 bits per heavy atom. The molecule has 0 amide bonds. The number of rotatable bonds is 6. The highest BCUT2D eigenvalue weighted by Gasteiger charge is 2.15. The van der Waals surface area contributed by atoms with Gasteiger partial charge < -0.3 is 11.1 Å². The normalized spacial score (nSPS) is 12.2. The van der Waals surface area contributed by atoms with Gasteiger partial charge in [-0.1, -0.05) is 6.07 Å². The van der Waals surface area contributed by atoms with Gasteiger partial charge in [-0.25, -0.2) is 0 Å². The van der Waals surface area contributed by atoms with Gasteiger partial charge in [0.15, 0.2) is 0 Å². The van der Waals surface area contributed by atoms with Crippen molar-refractivity contribution in [2.24, 2.45) is 5.73 Å². The van der Waals surface area contributed by atoms with E-state index in [0.29, 0.717) is 18.8 Å². The number of nitrogens with one attached hydrogen (secondary N) is 1. The third kappa shape index (κ3) is 3.87. The lowest BCUT2D eigenvalue weighted by atomic mass is 10.1. The third-order valence-corrected chi connectivity index (χ3v) is 2.63. The fourth-order valence-electron chi connectivity index (χ4n) is 1.42. The number of nitrogens with zero attached hydrogens (tertiary/aromatic N) is 1. The van der Waals surface area contributed by atoms with Crippen molar-refractivity contribution in [3.05, 3.63) is 33.9 Å². The summed E-state index contributed by atoms with van der Waals surface area (Å²) in [5.41, 5.74) is 6.65. The maximum Gasteiger partial charge on any atom is 0.292 e. The lowest BCUT2D eigenvalue weighted by Gasteiger charge is -2.09. The molecule has 1 unspecified atom stereocenters. The van der Waals surface area contributed by atoms with E-state index in [1.807, 2.05) is 0 Å². The summed E-state index contributed by atoms with van der Waals surface area (Å²) in [4.78, 5) is 10.5. The Bertz CT molecular complexity index is 396. The molecular weight excluding hydrogens is 242 g/mol. The molecule has 3 N–H and O–H groups in total. The van der Waals surface area contributed by atoms with Gasteiger partial charge in [0.05, 0.1) is 10.3 Å². The van der Waals surface area contributed by atoms with Crippen molar-refractivity contribution in [2.75, 3.05) is 18.4 Å². The number of hydrogen-bond donors (Lipinski definition) is 2. The molecule has 0 aliphatic carbocycles. The summed E-state index contributed by atoms with van der Waals surface area (Å²) in [6, 6.07) is 4.97. The third-order valence-electron chi connectivity index (χ3n) is 2.37. The Balaban J connectivity index is 2.92. The molecule has 5 nitrogen and oxygen atoms in total. The van der Waals surface area contributed by atoms with Crippen LogP contribution in [0.1, 0.15) is 24.3 Å². The molecule has 0 radical (unpaired) electrons. The summed E-state index contributed by atoms with van der Waals surface area (Å²) in [7, 11) is 0. The molecule has 1 atom stereocenters. The van der Waals surface area contributed by atoms with Crippen LogP contribution in [0.3, 0.4) is 0 Å². The van der Waals surface area contributed by atoms with E-state index in [2.05, 4.69) is 5.32 Å². The van der Waals surface area contributed by atoms with Crippen LogP contribution in [0.2, 0.25) is 0 Å². The maximum atomic E-state index is 10.9. The Kier molecular flexibility index (Phi) is 5.18. The van der Waals surface area contributed by atoms with Crippen molar-refractivity contribution in [3.63, 3.8) is 0 Å². The van der Waals surface area contributed by atoms with Crippen molar-refractivity contribution < 1.29 is 4.92 Å². The highest BCUT2D eigenvalue weighted by Crippen LogP contribution is 2.30. The largest absolute Gasteiger partial charge is 0.379 e. The van der Waals surface area contributed by atoms with Crippen LogP contribution in [-0.2, 0) is 0 Å². The van der Waals surface area contributed by atoms with Gasteiger partial charge in [-0.15, -0.1) is 11.6 Å². The minimum atomic E-state index is -0.409. The first-order valence-electron chi connectivity index (χ1n) is 5.42. The molecule has 1 aromatic rings. The monoisotopic (exact) mass is 257 g/mol. The zero-order valence-electron chi connectivity index (χ0n) is 9.65. The van der Waals surface area contributed by atoms with Crippen molar-refractivity contribution >= 4 is 23.0 Å². The summed E-state index contributed by atoms with van der Waals surface area (Å²) < 4.78 is 0. The fraction of sp³-hybridized carbons (Fsp3) is 0.455. The average Bonchev–Trinajstić information content (AvgIpc) is 2.29. The van der Waals surface area contributed by atoms with Crippen molar-refractivity contribution in [1.29, 1.82) is 0 Å². The topological polar surface area (TPSA) is 81.2 Å². The van der Waals surface area contributed by atoms with E-state index >= 15 is 0 Å². The first kappa shape index (κ1) is 13.7. The Morgan fingerprint density at radius 2 is 2.29 bits per heavy atom. The van der Waals surface area contributed by atoms with E-state index in [-0.39, 0.29) is 11.1 Å². The second-order valence-electron chi connectivity index (χ2n) is 3.72. The number of nitro benzene ring substituents is 1. The Labute approximate surface area is 105 Å². The number of hydrogen-bond acceptors (Lipinski definition) is 4. The van der Waals surface area contributed by atoms with Crippen LogP contribution in [0.4, 0.5) is 11.4 Å². The van der Waals surface area contributed by atoms with Crippen LogP contribution in [-0.4, -0.2) is 18.0 Å². The second kappa shape index (κ2) is 6.42. The summed E-state index contributed by atoms with van der Waals surface area (Å²) in [5, 5.41) is 13.7. The predicted molar refractivity (Wildman–Crippen MR) is 69.5 cm³/mol. The zero-order chi connectivity index (χ0) is 12.8. The molecule has 6 heteroatoms. The molecule has 1 rings (SSSR count). The van der Waals surface area contributed by atoms with E-state index in [9.17, 15) is 10.1 Å². The SMILES string of the molecule is CC(Cl)c1ccc(NCCCN)c([N+](=O)[O-])c1. The molecule has 0 bridgehead atoms. The molecule has 1 aromatic carbocycles. The van der Waals surface area contributed by atoms with Gasteiger partial charge in [0.2, 0.25) is 0 Å². The van der Waals surface area contributed by atoms with Crippen LogP contribution in [0.5, 0.6) is 0 Å². The highest BCUT2D eigenvalue weighted by molar-refractivity contribution is 6.20. The van der Waals surface area contributed by atoms with E-state index in [0.717, 1.165) is 12.0 Å². The first-order valence-corrected chi connectivity index (χ1v) is 5.86. The second-order valence-corrected chi connectivity index (χ2v) is 4.37. The molecule has 0 aromatic heterocycles. The number of nitro groups is 1. The average molecular weight is 258 g/mol. The fourth-order valence-corrected chi connectivity index (χ4v) is 1.56. The van der Waals surface area contributed by atoms with E-state index in [1.54, 1.807) is 19.1 Å². The van der Waals surface area contributed by atoms with Gasteiger partial charge in [-0.2, -0.15) is 0 Å². The van der Waals surface area contributed by atoms with Gasteiger partial charge >= 0.3 is 0 Å². The summed E-state index contributed by atoms with van der Waals surface area (Å²) >= 11 is 5.90. The standard InChI is InChI=1S/C11H16ClN3O2/c1-8(12)9-3-4-10(14-6-2-5-13)11(7-9)15(16)17/h3-4,7-8,14H,2,5-6,13H2,1H3. The quantitative estimate of drug-likeness (QED) is 0.355. The molecule has 94 valence electrons. The van der Waals surface area contributed by atoms with Crippen molar-refractivity contribution in [1.82, 2.24) is 0 Å². The van der Waals surface area contributed by atoms with Crippen molar-refractivity contribution in [2.45, 2.75) is 18.7 Å². The number of anilines is 1. The number of nitrogens with two attached hydrogens (primary N) is 1. The molecule has 0 aliphatic heterocycles. The molecule has 0 saturated heterocycles. The van der Waals surface area contributed by atoms with E-state index in [4.69, 9.17) is 17.3 Å². The number of halogens is 1. The molecular formula is C11H16ClN3O2. The van der Waals surface area contributed by atoms with Crippen molar-refractivity contribution in [3.8, 4) is 0 Å². The Morgan fingerprint density at radius 3 is 2.82 bits per heavy atom. The van der Waals surface area contributed by atoms with Gasteiger partial charge in [-0.05, 0) is 31.5 Å². The first-order chi connectivity index (χ1) is 8.06. The van der Waals surface area contributed by atoms with E-state index < -0.39 is 4.92 Å². The van der Waals surface area contributed by atoms with Gasteiger partial charge in [0.1, 0.15) is 5.69 Å². The molecule has 0 spiro atoms. The van der Waals surface area contributed by atoms with Gasteiger partial charge in [0, 0.05) is 12.6 Å². The summed E-state index contributed by atoms with van der Waals surface area (Å²) in [6.07, 6.45) is 0.769. The van der Waals surface area contributed by atoms with Crippen LogP contribution in [0, 0.1) is 10.1 Å². The lowest BCUT2D eigenvalue weighted by molar-refractivity contribution is -0.384. The van der Waals surface area contributed by atoms with Crippen LogP contribution in [0.15, 0.2) is 18.2 Å². The molecule has 0 fully saturated rings. The molecule has 17 heavy (non-hydrogen) atoms. The minimum Gasteiger partial charge on any atom is -0.379 e. The smallest absolute Gasteiger partial charge is 0.292 e. The van der Waals surface area contributed by atoms with Crippen LogP contribution >= 0.6 is 11.6 Å². The zero-order valence-corrected chi connectivity index (χ0v) is 10.4. The predicted octanol–water partition coefficient (Wildman–Crippen LogP) is 2.66.